The molecule has 0 radical (unpaired) electrons. The summed E-state index contributed by atoms with van der Waals surface area (Å²) in [7, 11) is 0. The third kappa shape index (κ3) is 3.31. The second kappa shape index (κ2) is 5.36. The van der Waals surface area contributed by atoms with Gasteiger partial charge in [-0.3, -0.25) is 0 Å². The first-order valence-corrected chi connectivity index (χ1v) is 5.68. The van der Waals surface area contributed by atoms with Crippen molar-refractivity contribution >= 4 is 0 Å². The molecular formula is C12H21NO. The van der Waals surface area contributed by atoms with Gasteiger partial charge in [0.25, 0.3) is 0 Å². The minimum atomic E-state index is -0.183. The van der Waals surface area contributed by atoms with E-state index in [9.17, 15) is 0 Å². The van der Waals surface area contributed by atoms with Crippen molar-refractivity contribution in [2.45, 2.75) is 58.7 Å². The molecule has 14 heavy (non-hydrogen) atoms. The van der Waals surface area contributed by atoms with Crippen molar-refractivity contribution in [3.8, 4) is 6.07 Å². The Morgan fingerprint density at radius 1 is 1.36 bits per heavy atom. The first kappa shape index (κ1) is 11.5. The summed E-state index contributed by atoms with van der Waals surface area (Å²) in [6.45, 7) is 6.27. The van der Waals surface area contributed by atoms with Crippen molar-refractivity contribution in [1.29, 1.82) is 5.26 Å². The van der Waals surface area contributed by atoms with E-state index in [0.29, 0.717) is 5.92 Å². The van der Waals surface area contributed by atoms with E-state index in [1.165, 1.54) is 12.8 Å². The van der Waals surface area contributed by atoms with E-state index in [1.54, 1.807) is 0 Å². The van der Waals surface area contributed by atoms with E-state index in [4.69, 9.17) is 10.00 Å². The van der Waals surface area contributed by atoms with Crippen LogP contribution in [-0.2, 0) is 4.74 Å². The molecule has 0 amide bonds. The lowest BCUT2D eigenvalue weighted by Gasteiger charge is -2.30. The Balaban J connectivity index is 2.47. The molecule has 1 fully saturated rings. The largest absolute Gasteiger partial charge is 0.360 e. The zero-order valence-corrected chi connectivity index (χ0v) is 9.49. The number of hydrogen-bond donors (Lipinski definition) is 0. The SMILES string of the molecule is CC1CCCC(C(C#N)OC(C)C)C1. The van der Waals surface area contributed by atoms with Gasteiger partial charge < -0.3 is 4.74 Å². The summed E-state index contributed by atoms with van der Waals surface area (Å²) >= 11 is 0. The molecule has 2 nitrogen and oxygen atoms in total. The molecule has 2 heteroatoms. The van der Waals surface area contributed by atoms with Crippen LogP contribution in [-0.4, -0.2) is 12.2 Å². The molecule has 0 aliphatic heterocycles. The number of nitrogens with zero attached hydrogens (tertiary/aromatic N) is 1. The monoisotopic (exact) mass is 195 g/mol. The van der Waals surface area contributed by atoms with E-state index in [1.807, 2.05) is 13.8 Å². The number of hydrogen-bond acceptors (Lipinski definition) is 2. The highest BCUT2D eigenvalue weighted by Gasteiger charge is 2.27. The highest BCUT2D eigenvalue weighted by atomic mass is 16.5. The summed E-state index contributed by atoms with van der Waals surface area (Å²) in [4.78, 5) is 0. The van der Waals surface area contributed by atoms with Crippen LogP contribution in [0.3, 0.4) is 0 Å². The highest BCUT2D eigenvalue weighted by molar-refractivity contribution is 4.92. The van der Waals surface area contributed by atoms with Gasteiger partial charge in [0.05, 0.1) is 12.2 Å². The summed E-state index contributed by atoms with van der Waals surface area (Å²) < 4.78 is 5.63. The summed E-state index contributed by atoms with van der Waals surface area (Å²) in [6, 6.07) is 2.30. The Bertz CT molecular complexity index is 207. The minimum absolute atomic E-state index is 0.164. The van der Waals surface area contributed by atoms with Crippen LogP contribution in [0.5, 0.6) is 0 Å². The average molecular weight is 195 g/mol. The molecule has 0 saturated heterocycles. The normalized spacial score (nSPS) is 29.9. The molecule has 0 spiro atoms. The molecule has 1 aliphatic carbocycles. The predicted molar refractivity (Wildman–Crippen MR) is 56.7 cm³/mol. The Labute approximate surface area is 87.3 Å². The predicted octanol–water partition coefficient (Wildman–Crippen LogP) is 3.13. The first-order chi connectivity index (χ1) is 6.63. The topological polar surface area (TPSA) is 33.0 Å². The lowest BCUT2D eigenvalue weighted by Crippen LogP contribution is -2.29. The van der Waals surface area contributed by atoms with Crippen LogP contribution in [0.25, 0.3) is 0 Å². The van der Waals surface area contributed by atoms with Gasteiger partial charge in [-0.2, -0.15) is 5.26 Å². The third-order valence-corrected chi connectivity index (χ3v) is 2.95. The first-order valence-electron chi connectivity index (χ1n) is 5.68. The fourth-order valence-electron chi connectivity index (χ4n) is 2.30. The van der Waals surface area contributed by atoms with Crippen molar-refractivity contribution in [3.05, 3.63) is 0 Å². The fraction of sp³-hybridized carbons (Fsp3) is 0.917. The van der Waals surface area contributed by atoms with Gasteiger partial charge in [0.2, 0.25) is 0 Å². The van der Waals surface area contributed by atoms with Crippen molar-refractivity contribution in [3.63, 3.8) is 0 Å². The van der Waals surface area contributed by atoms with Gasteiger partial charge in [-0.05, 0) is 38.5 Å². The maximum atomic E-state index is 9.04. The molecular weight excluding hydrogens is 174 g/mol. The van der Waals surface area contributed by atoms with E-state index in [2.05, 4.69) is 13.0 Å². The zero-order chi connectivity index (χ0) is 10.6. The summed E-state index contributed by atoms with van der Waals surface area (Å²) in [5, 5.41) is 9.04. The van der Waals surface area contributed by atoms with Crippen molar-refractivity contribution in [2.24, 2.45) is 11.8 Å². The number of ether oxygens (including phenoxy) is 1. The lowest BCUT2D eigenvalue weighted by atomic mass is 9.80. The van der Waals surface area contributed by atoms with Crippen LogP contribution in [0.15, 0.2) is 0 Å². The quantitative estimate of drug-likeness (QED) is 0.693. The van der Waals surface area contributed by atoms with Crippen molar-refractivity contribution in [1.82, 2.24) is 0 Å². The van der Waals surface area contributed by atoms with Crippen LogP contribution in [0, 0.1) is 23.2 Å². The van der Waals surface area contributed by atoms with Crippen LogP contribution in [0.1, 0.15) is 46.5 Å². The third-order valence-electron chi connectivity index (χ3n) is 2.95. The van der Waals surface area contributed by atoms with Crippen LogP contribution >= 0.6 is 0 Å². The van der Waals surface area contributed by atoms with Gasteiger partial charge in [0, 0.05) is 0 Å². The smallest absolute Gasteiger partial charge is 0.147 e. The second-order valence-electron chi connectivity index (χ2n) is 4.77. The van der Waals surface area contributed by atoms with Crippen molar-refractivity contribution < 1.29 is 4.74 Å². The van der Waals surface area contributed by atoms with E-state index in [0.717, 1.165) is 18.8 Å². The number of rotatable bonds is 3. The molecule has 0 aromatic heterocycles. The molecule has 0 bridgehead atoms. The molecule has 0 N–H and O–H groups in total. The number of nitriles is 1. The van der Waals surface area contributed by atoms with Gasteiger partial charge in [0.1, 0.15) is 6.10 Å². The maximum absolute atomic E-state index is 9.04. The molecule has 1 saturated carbocycles. The average Bonchev–Trinajstić information content (AvgIpc) is 2.14. The van der Waals surface area contributed by atoms with Gasteiger partial charge in [-0.15, -0.1) is 0 Å². The van der Waals surface area contributed by atoms with E-state index >= 15 is 0 Å². The Kier molecular flexibility index (Phi) is 4.41. The van der Waals surface area contributed by atoms with Gasteiger partial charge in [0.15, 0.2) is 0 Å². The maximum Gasteiger partial charge on any atom is 0.147 e. The lowest BCUT2D eigenvalue weighted by molar-refractivity contribution is -0.00777. The second-order valence-corrected chi connectivity index (χ2v) is 4.77. The molecule has 80 valence electrons. The Hall–Kier alpha value is -0.550. The Morgan fingerprint density at radius 2 is 2.07 bits per heavy atom. The van der Waals surface area contributed by atoms with Crippen LogP contribution in [0.2, 0.25) is 0 Å². The molecule has 3 atom stereocenters. The molecule has 1 rings (SSSR count). The highest BCUT2D eigenvalue weighted by Crippen LogP contribution is 2.32. The van der Waals surface area contributed by atoms with Gasteiger partial charge in [-0.25, -0.2) is 0 Å². The van der Waals surface area contributed by atoms with Crippen LogP contribution in [0.4, 0.5) is 0 Å². The Morgan fingerprint density at radius 3 is 2.57 bits per heavy atom. The summed E-state index contributed by atoms with van der Waals surface area (Å²) in [5.74, 6) is 1.23. The van der Waals surface area contributed by atoms with E-state index in [-0.39, 0.29) is 12.2 Å². The van der Waals surface area contributed by atoms with Crippen molar-refractivity contribution in [2.75, 3.05) is 0 Å². The van der Waals surface area contributed by atoms with Gasteiger partial charge >= 0.3 is 0 Å². The molecule has 0 heterocycles. The minimum Gasteiger partial charge on any atom is -0.360 e. The standard InChI is InChI=1S/C12H21NO/c1-9(2)14-12(8-13)11-6-4-5-10(3)7-11/h9-12H,4-7H2,1-3H3. The fourth-order valence-corrected chi connectivity index (χ4v) is 2.30. The van der Waals surface area contributed by atoms with Gasteiger partial charge in [-0.1, -0.05) is 19.8 Å². The molecule has 0 aromatic rings. The van der Waals surface area contributed by atoms with E-state index < -0.39 is 0 Å². The summed E-state index contributed by atoms with van der Waals surface area (Å²) in [5.41, 5.74) is 0. The molecule has 3 unspecified atom stereocenters. The zero-order valence-electron chi connectivity index (χ0n) is 9.49. The molecule has 0 aromatic carbocycles. The summed E-state index contributed by atoms with van der Waals surface area (Å²) in [6.07, 6.45) is 4.87. The van der Waals surface area contributed by atoms with Crippen LogP contribution < -0.4 is 0 Å². The molecule has 1 aliphatic rings.